The Labute approximate surface area is 121 Å². The Morgan fingerprint density at radius 2 is 2.05 bits per heavy atom. The summed E-state index contributed by atoms with van der Waals surface area (Å²) in [7, 11) is 0. The lowest BCUT2D eigenvalue weighted by Crippen LogP contribution is -2.38. The van der Waals surface area contributed by atoms with Crippen molar-refractivity contribution in [3.05, 3.63) is 34.7 Å². The van der Waals surface area contributed by atoms with Crippen LogP contribution in [0.3, 0.4) is 0 Å². The standard InChI is InChI=1S/C15H17NO5/c17-13-10-15(18)21-14-9-11(1-2-12(13)14)20-8-5-16-3-6-19-7-4-16/h1-2,9-10,17H,3-8H2. The molecule has 0 amide bonds. The summed E-state index contributed by atoms with van der Waals surface area (Å²) in [6, 6.07) is 6.11. The molecule has 0 unspecified atom stereocenters. The summed E-state index contributed by atoms with van der Waals surface area (Å²) in [4.78, 5) is 13.5. The monoisotopic (exact) mass is 291 g/mol. The first kappa shape index (κ1) is 13.9. The van der Waals surface area contributed by atoms with Gasteiger partial charge in [-0.25, -0.2) is 4.79 Å². The van der Waals surface area contributed by atoms with Crippen LogP contribution in [0.5, 0.6) is 11.5 Å². The first-order chi connectivity index (χ1) is 10.2. The SMILES string of the molecule is O=c1cc(O)c2ccc(OCCN3CCOCC3)cc2o1. The fraction of sp³-hybridized carbons (Fsp3) is 0.400. The maximum absolute atomic E-state index is 11.3. The van der Waals surface area contributed by atoms with Crippen molar-refractivity contribution in [3.8, 4) is 11.5 Å². The van der Waals surface area contributed by atoms with E-state index in [1.54, 1.807) is 18.2 Å². The third-order valence-electron chi connectivity index (χ3n) is 3.47. The van der Waals surface area contributed by atoms with E-state index in [1.807, 2.05) is 0 Å². The first-order valence-electron chi connectivity index (χ1n) is 6.92. The molecular formula is C15H17NO5. The fourth-order valence-corrected chi connectivity index (χ4v) is 2.33. The average molecular weight is 291 g/mol. The summed E-state index contributed by atoms with van der Waals surface area (Å²) in [5.74, 6) is 0.533. The summed E-state index contributed by atoms with van der Waals surface area (Å²) in [5.41, 5.74) is -0.255. The molecule has 1 saturated heterocycles. The lowest BCUT2D eigenvalue weighted by molar-refractivity contribution is 0.0322. The summed E-state index contributed by atoms with van der Waals surface area (Å²) in [5, 5.41) is 10.2. The molecule has 3 rings (SSSR count). The minimum atomic E-state index is -0.578. The van der Waals surface area contributed by atoms with Gasteiger partial charge >= 0.3 is 5.63 Å². The molecule has 2 aromatic rings. The fourth-order valence-electron chi connectivity index (χ4n) is 2.33. The van der Waals surface area contributed by atoms with Crippen molar-refractivity contribution in [3.63, 3.8) is 0 Å². The molecule has 0 radical (unpaired) electrons. The topological polar surface area (TPSA) is 72.1 Å². The minimum Gasteiger partial charge on any atom is -0.507 e. The summed E-state index contributed by atoms with van der Waals surface area (Å²) < 4.78 is 16.0. The average Bonchev–Trinajstić information content (AvgIpc) is 2.48. The van der Waals surface area contributed by atoms with Gasteiger partial charge in [0.15, 0.2) is 0 Å². The Balaban J connectivity index is 1.65. The third kappa shape index (κ3) is 3.34. The van der Waals surface area contributed by atoms with E-state index in [0.717, 1.165) is 38.9 Å². The Morgan fingerprint density at radius 1 is 1.24 bits per heavy atom. The van der Waals surface area contributed by atoms with Crippen LogP contribution in [0, 0.1) is 0 Å². The van der Waals surface area contributed by atoms with Crippen molar-refractivity contribution in [1.29, 1.82) is 0 Å². The largest absolute Gasteiger partial charge is 0.507 e. The second-order valence-corrected chi connectivity index (χ2v) is 4.91. The molecule has 6 heteroatoms. The highest BCUT2D eigenvalue weighted by Crippen LogP contribution is 2.26. The molecule has 1 aliphatic heterocycles. The van der Waals surface area contributed by atoms with Crippen LogP contribution < -0.4 is 10.4 Å². The van der Waals surface area contributed by atoms with Gasteiger partial charge in [-0.2, -0.15) is 0 Å². The summed E-state index contributed by atoms with van der Waals surface area (Å²) in [6.07, 6.45) is 0. The lowest BCUT2D eigenvalue weighted by Gasteiger charge is -2.26. The van der Waals surface area contributed by atoms with Crippen LogP contribution >= 0.6 is 0 Å². The molecule has 6 nitrogen and oxygen atoms in total. The lowest BCUT2D eigenvalue weighted by atomic mass is 10.2. The Bertz CT molecular complexity index is 675. The molecule has 1 aromatic carbocycles. The van der Waals surface area contributed by atoms with Crippen LogP contribution in [0.1, 0.15) is 0 Å². The van der Waals surface area contributed by atoms with Crippen LogP contribution in [0.25, 0.3) is 11.0 Å². The number of ether oxygens (including phenoxy) is 2. The molecule has 0 spiro atoms. The number of fused-ring (bicyclic) bond motifs is 1. The van der Waals surface area contributed by atoms with Crippen LogP contribution in [0.4, 0.5) is 0 Å². The van der Waals surface area contributed by atoms with Gasteiger partial charge in [-0.1, -0.05) is 0 Å². The zero-order chi connectivity index (χ0) is 14.7. The van der Waals surface area contributed by atoms with E-state index < -0.39 is 5.63 Å². The van der Waals surface area contributed by atoms with Crippen LogP contribution in [0.15, 0.2) is 33.5 Å². The maximum Gasteiger partial charge on any atom is 0.339 e. The zero-order valence-electron chi connectivity index (χ0n) is 11.6. The van der Waals surface area contributed by atoms with Gasteiger partial charge < -0.3 is 19.0 Å². The van der Waals surface area contributed by atoms with Gasteiger partial charge in [0.2, 0.25) is 0 Å². The Hall–Kier alpha value is -2.05. The normalized spacial score (nSPS) is 16.2. The summed E-state index contributed by atoms with van der Waals surface area (Å²) >= 11 is 0. The van der Waals surface area contributed by atoms with E-state index in [1.165, 1.54) is 0 Å². The summed E-state index contributed by atoms with van der Waals surface area (Å²) in [6.45, 7) is 4.74. The molecule has 0 bridgehead atoms. The van der Waals surface area contributed by atoms with Crippen LogP contribution in [-0.2, 0) is 4.74 Å². The van der Waals surface area contributed by atoms with E-state index in [4.69, 9.17) is 13.9 Å². The van der Waals surface area contributed by atoms with E-state index in [0.29, 0.717) is 23.3 Å². The van der Waals surface area contributed by atoms with Crippen molar-refractivity contribution in [2.24, 2.45) is 0 Å². The molecule has 2 heterocycles. The molecule has 0 aliphatic carbocycles. The van der Waals surface area contributed by atoms with Crippen molar-refractivity contribution in [2.75, 3.05) is 39.5 Å². The van der Waals surface area contributed by atoms with Gasteiger partial charge in [0.05, 0.1) is 24.7 Å². The number of nitrogens with zero attached hydrogens (tertiary/aromatic N) is 1. The van der Waals surface area contributed by atoms with Gasteiger partial charge in [0.1, 0.15) is 23.7 Å². The van der Waals surface area contributed by atoms with Gasteiger partial charge in [-0.15, -0.1) is 0 Å². The molecule has 0 atom stereocenters. The quantitative estimate of drug-likeness (QED) is 0.854. The predicted octanol–water partition coefficient (Wildman–Crippen LogP) is 1.21. The number of morpholine rings is 1. The Kier molecular flexibility index (Phi) is 4.08. The molecule has 112 valence electrons. The second-order valence-electron chi connectivity index (χ2n) is 4.91. The smallest absolute Gasteiger partial charge is 0.339 e. The maximum atomic E-state index is 11.3. The number of rotatable bonds is 4. The molecule has 1 aromatic heterocycles. The highest BCUT2D eigenvalue weighted by Gasteiger charge is 2.10. The predicted molar refractivity (Wildman–Crippen MR) is 76.9 cm³/mol. The molecular weight excluding hydrogens is 274 g/mol. The third-order valence-corrected chi connectivity index (χ3v) is 3.47. The van der Waals surface area contributed by atoms with E-state index in [-0.39, 0.29) is 5.75 Å². The van der Waals surface area contributed by atoms with Gasteiger partial charge in [-0.05, 0) is 12.1 Å². The van der Waals surface area contributed by atoms with E-state index >= 15 is 0 Å². The molecule has 21 heavy (non-hydrogen) atoms. The first-order valence-corrected chi connectivity index (χ1v) is 6.92. The van der Waals surface area contributed by atoms with Crippen molar-refractivity contribution < 1.29 is 19.0 Å². The van der Waals surface area contributed by atoms with Crippen molar-refractivity contribution >= 4 is 11.0 Å². The highest BCUT2D eigenvalue weighted by atomic mass is 16.5. The Morgan fingerprint density at radius 3 is 2.86 bits per heavy atom. The van der Waals surface area contributed by atoms with Crippen molar-refractivity contribution in [1.82, 2.24) is 4.90 Å². The highest BCUT2D eigenvalue weighted by molar-refractivity contribution is 5.83. The molecule has 0 saturated carbocycles. The van der Waals surface area contributed by atoms with E-state index in [9.17, 15) is 9.90 Å². The molecule has 1 fully saturated rings. The van der Waals surface area contributed by atoms with Gasteiger partial charge in [-0.3, -0.25) is 4.90 Å². The van der Waals surface area contributed by atoms with Gasteiger partial charge in [0, 0.05) is 25.7 Å². The van der Waals surface area contributed by atoms with Crippen LogP contribution in [-0.4, -0.2) is 49.5 Å². The number of hydrogen-bond acceptors (Lipinski definition) is 6. The molecule has 1 aliphatic rings. The van der Waals surface area contributed by atoms with E-state index in [2.05, 4.69) is 4.90 Å². The minimum absolute atomic E-state index is 0.0823. The van der Waals surface area contributed by atoms with Crippen LogP contribution in [0.2, 0.25) is 0 Å². The molecule has 1 N–H and O–H groups in total. The zero-order valence-corrected chi connectivity index (χ0v) is 11.6. The van der Waals surface area contributed by atoms with Gasteiger partial charge in [0.25, 0.3) is 0 Å². The van der Waals surface area contributed by atoms with Crippen molar-refractivity contribution in [2.45, 2.75) is 0 Å². The number of hydrogen-bond donors (Lipinski definition) is 1. The number of aromatic hydroxyl groups is 1. The second kappa shape index (κ2) is 6.15. The number of benzene rings is 1.